The SMILES string of the molecule is CCOC(=O)[C@@H]1CC(=O)O[C@H]1[C]1[CH][CH][CH][CH]1.[CH]1[CH][CH][CH][CH]1.[Fe+2]. The molecule has 116 valence electrons. The first-order valence-electron chi connectivity index (χ1n) is 6.96. The van der Waals surface area contributed by atoms with Gasteiger partial charge in [0.15, 0.2) is 0 Å². The van der Waals surface area contributed by atoms with Gasteiger partial charge in [-0.3, -0.25) is 9.59 Å². The summed E-state index contributed by atoms with van der Waals surface area (Å²) in [4.78, 5) is 22.9. The summed E-state index contributed by atoms with van der Waals surface area (Å²) >= 11 is 0. The minimum absolute atomic E-state index is 0. The monoisotopic (exact) mass is 342 g/mol. The van der Waals surface area contributed by atoms with Gasteiger partial charge in [0, 0.05) is 5.92 Å². The van der Waals surface area contributed by atoms with Crippen LogP contribution in [0.5, 0.6) is 0 Å². The van der Waals surface area contributed by atoms with Crippen LogP contribution in [0.15, 0.2) is 0 Å². The fourth-order valence-corrected chi connectivity index (χ4v) is 2.21. The second kappa shape index (κ2) is 10.3. The largest absolute Gasteiger partial charge is 2.00 e. The molecule has 2 aliphatic carbocycles. The first-order valence-corrected chi connectivity index (χ1v) is 6.96. The average molecular weight is 342 g/mol. The summed E-state index contributed by atoms with van der Waals surface area (Å²) in [7, 11) is 0. The Morgan fingerprint density at radius 3 is 2.18 bits per heavy atom. The van der Waals surface area contributed by atoms with E-state index in [-0.39, 0.29) is 35.4 Å². The Morgan fingerprint density at radius 2 is 1.68 bits per heavy atom. The van der Waals surface area contributed by atoms with E-state index in [2.05, 4.69) is 0 Å². The summed E-state index contributed by atoms with van der Waals surface area (Å²) in [5, 5.41) is 0. The first kappa shape index (κ1) is 19.5. The summed E-state index contributed by atoms with van der Waals surface area (Å²) < 4.78 is 10.1. The second-order valence-corrected chi connectivity index (χ2v) is 4.65. The normalized spacial score (nSPS) is 27.6. The van der Waals surface area contributed by atoms with E-state index in [0.717, 1.165) is 5.92 Å². The molecule has 0 N–H and O–H groups in total. The van der Waals surface area contributed by atoms with Gasteiger partial charge in [0.1, 0.15) is 12.0 Å². The molecule has 1 aliphatic heterocycles. The van der Waals surface area contributed by atoms with Crippen LogP contribution in [0.25, 0.3) is 0 Å². The third-order valence-electron chi connectivity index (χ3n) is 3.17. The number of rotatable bonds is 3. The molecule has 4 nitrogen and oxygen atoms in total. The van der Waals surface area contributed by atoms with E-state index in [4.69, 9.17) is 9.47 Å². The van der Waals surface area contributed by atoms with E-state index in [1.807, 2.05) is 57.8 Å². The second-order valence-electron chi connectivity index (χ2n) is 4.65. The zero-order chi connectivity index (χ0) is 15.1. The van der Waals surface area contributed by atoms with Gasteiger partial charge >= 0.3 is 29.0 Å². The van der Waals surface area contributed by atoms with Crippen LogP contribution < -0.4 is 0 Å². The van der Waals surface area contributed by atoms with Crippen LogP contribution in [-0.2, 0) is 36.1 Å². The van der Waals surface area contributed by atoms with E-state index in [0.29, 0.717) is 6.61 Å². The number of carbonyl (C=O) groups is 2. The van der Waals surface area contributed by atoms with E-state index in [1.165, 1.54) is 0 Å². The van der Waals surface area contributed by atoms with Crippen molar-refractivity contribution in [3.8, 4) is 0 Å². The van der Waals surface area contributed by atoms with Gasteiger partial charge in [-0.2, -0.15) is 0 Å². The van der Waals surface area contributed by atoms with Crippen LogP contribution in [-0.4, -0.2) is 24.6 Å². The van der Waals surface area contributed by atoms with Crippen molar-refractivity contribution in [3.63, 3.8) is 0 Å². The van der Waals surface area contributed by atoms with E-state index >= 15 is 0 Å². The fourth-order valence-electron chi connectivity index (χ4n) is 2.21. The summed E-state index contributed by atoms with van der Waals surface area (Å²) in [6, 6.07) is 0. The molecule has 0 aromatic rings. The topological polar surface area (TPSA) is 52.6 Å². The van der Waals surface area contributed by atoms with Crippen molar-refractivity contribution in [1.29, 1.82) is 0 Å². The Hall–Kier alpha value is -0.541. The summed E-state index contributed by atoms with van der Waals surface area (Å²) in [6.07, 6.45) is 17.0. The Kier molecular flexibility index (Phi) is 9.11. The standard InChI is InChI=1S/C12H13O4.C5H5.Fe/c1-2-15-12(14)9-7-10(13)16-11(9)8-5-3-4-6-8;1-2-4-5-3-1;/h3-6,9,11H,2,7H2,1H3;1-5H;/q;;+2/t9-,11+;;/m1../s1. The molecule has 1 saturated heterocycles. The fraction of sp³-hybridized carbons (Fsp3) is 0.294. The molecule has 10 radical (unpaired) electrons. The maximum atomic E-state index is 11.6. The van der Waals surface area contributed by atoms with E-state index in [9.17, 15) is 9.59 Å². The Balaban J connectivity index is 0.000000344. The number of hydrogen-bond acceptors (Lipinski definition) is 4. The Morgan fingerprint density at radius 1 is 1.14 bits per heavy atom. The Labute approximate surface area is 144 Å². The number of ether oxygens (including phenoxy) is 2. The molecule has 0 aromatic heterocycles. The molecule has 2 atom stereocenters. The smallest absolute Gasteiger partial charge is 0.466 e. The molecule has 0 bridgehead atoms. The molecule has 22 heavy (non-hydrogen) atoms. The summed E-state index contributed by atoms with van der Waals surface area (Å²) in [6.45, 7) is 2.06. The first-order chi connectivity index (χ1) is 10.2. The van der Waals surface area contributed by atoms with Crippen LogP contribution in [0.1, 0.15) is 13.3 Å². The average Bonchev–Trinajstić information content (AvgIpc) is 3.22. The van der Waals surface area contributed by atoms with Crippen molar-refractivity contribution in [2.75, 3.05) is 6.61 Å². The van der Waals surface area contributed by atoms with Gasteiger partial charge in [-0.25, -0.2) is 0 Å². The van der Waals surface area contributed by atoms with Crippen molar-refractivity contribution in [3.05, 3.63) is 63.7 Å². The molecule has 3 rings (SSSR count). The summed E-state index contributed by atoms with van der Waals surface area (Å²) in [5.74, 6) is -0.359. The van der Waals surface area contributed by atoms with E-state index in [1.54, 1.807) is 6.92 Å². The van der Waals surface area contributed by atoms with Gasteiger partial charge in [0.05, 0.1) is 13.0 Å². The van der Waals surface area contributed by atoms with Gasteiger partial charge in [0.25, 0.3) is 0 Å². The summed E-state index contributed by atoms with van der Waals surface area (Å²) in [5.41, 5.74) is 0. The zero-order valence-electron chi connectivity index (χ0n) is 12.3. The minimum Gasteiger partial charge on any atom is -0.466 e. The molecular weight excluding hydrogens is 324 g/mol. The van der Waals surface area contributed by atoms with E-state index < -0.39 is 12.0 Å². The van der Waals surface area contributed by atoms with Crippen molar-refractivity contribution in [2.45, 2.75) is 19.4 Å². The minimum atomic E-state index is -0.505. The van der Waals surface area contributed by atoms with Crippen molar-refractivity contribution in [1.82, 2.24) is 0 Å². The van der Waals surface area contributed by atoms with Crippen LogP contribution in [0.4, 0.5) is 0 Å². The van der Waals surface area contributed by atoms with Crippen LogP contribution in [0, 0.1) is 69.6 Å². The van der Waals surface area contributed by atoms with Gasteiger partial charge in [-0.05, 0) is 64.7 Å². The third kappa shape index (κ3) is 5.58. The predicted molar refractivity (Wildman–Crippen MR) is 76.6 cm³/mol. The maximum Gasteiger partial charge on any atom is 2.00 e. The molecule has 2 saturated carbocycles. The number of hydrogen-bond donors (Lipinski definition) is 0. The molecule has 0 aromatic carbocycles. The van der Waals surface area contributed by atoms with Crippen molar-refractivity contribution < 1.29 is 36.1 Å². The maximum absolute atomic E-state index is 11.6. The molecule has 3 fully saturated rings. The molecule has 0 spiro atoms. The van der Waals surface area contributed by atoms with Gasteiger partial charge in [-0.1, -0.05) is 0 Å². The third-order valence-corrected chi connectivity index (χ3v) is 3.17. The van der Waals surface area contributed by atoms with Crippen LogP contribution in [0.3, 0.4) is 0 Å². The molecule has 0 unspecified atom stereocenters. The molecular formula is C17H18FeO4+2. The predicted octanol–water partition coefficient (Wildman–Crippen LogP) is 1.91. The van der Waals surface area contributed by atoms with Crippen LogP contribution >= 0.6 is 0 Å². The Bertz CT molecular complexity index is 341. The molecule has 0 amide bonds. The van der Waals surface area contributed by atoms with Gasteiger partial charge < -0.3 is 9.47 Å². The molecule has 1 heterocycles. The zero-order valence-corrected chi connectivity index (χ0v) is 13.4. The van der Waals surface area contributed by atoms with Crippen molar-refractivity contribution >= 4 is 11.9 Å². The number of carbonyl (C=O) groups excluding carboxylic acids is 2. The quantitative estimate of drug-likeness (QED) is 0.581. The molecule has 5 heteroatoms. The van der Waals surface area contributed by atoms with Crippen LogP contribution in [0.2, 0.25) is 0 Å². The van der Waals surface area contributed by atoms with Gasteiger partial charge in [0.2, 0.25) is 0 Å². The van der Waals surface area contributed by atoms with Gasteiger partial charge in [-0.15, -0.1) is 0 Å². The number of esters is 2. The van der Waals surface area contributed by atoms with Crippen molar-refractivity contribution in [2.24, 2.45) is 5.92 Å². The number of cyclic esters (lactones) is 1. The molecule has 3 aliphatic rings.